The standard InChI is InChI=1S/C7H10F3NO2S.ClH/c8-7(9,10)6-1-2-14(12,13)5(6)3-11-4-6;/h5,11H,1-4H2;1H/t5-,6-;/m1./s1. The van der Waals surface area contributed by atoms with Crippen LogP contribution in [0.1, 0.15) is 6.42 Å². The van der Waals surface area contributed by atoms with E-state index >= 15 is 0 Å². The van der Waals surface area contributed by atoms with Gasteiger partial charge in [0, 0.05) is 13.1 Å². The van der Waals surface area contributed by atoms with Gasteiger partial charge in [0.2, 0.25) is 0 Å². The molecule has 0 amide bonds. The van der Waals surface area contributed by atoms with Crippen molar-refractivity contribution in [3.63, 3.8) is 0 Å². The van der Waals surface area contributed by atoms with Crippen molar-refractivity contribution in [2.45, 2.75) is 17.8 Å². The summed E-state index contributed by atoms with van der Waals surface area (Å²) in [6, 6.07) is 0. The number of hydrogen-bond acceptors (Lipinski definition) is 3. The van der Waals surface area contributed by atoms with E-state index in [9.17, 15) is 21.6 Å². The van der Waals surface area contributed by atoms with Gasteiger partial charge in [-0.2, -0.15) is 13.2 Å². The Hall–Kier alpha value is -0.0100. The van der Waals surface area contributed by atoms with E-state index in [1.807, 2.05) is 0 Å². The second kappa shape index (κ2) is 3.49. The summed E-state index contributed by atoms with van der Waals surface area (Å²) >= 11 is 0. The minimum Gasteiger partial charge on any atom is -0.314 e. The Kier molecular flexibility index (Phi) is 3.04. The third-order valence-electron chi connectivity index (χ3n) is 3.22. The summed E-state index contributed by atoms with van der Waals surface area (Å²) in [5.41, 5.74) is -2.02. The summed E-state index contributed by atoms with van der Waals surface area (Å²) in [4.78, 5) is 0. The highest BCUT2D eigenvalue weighted by Gasteiger charge is 2.68. The van der Waals surface area contributed by atoms with Crippen LogP contribution in [-0.2, 0) is 9.84 Å². The van der Waals surface area contributed by atoms with Crippen LogP contribution in [0.15, 0.2) is 0 Å². The normalized spacial score (nSPS) is 38.5. The number of alkyl halides is 3. The van der Waals surface area contributed by atoms with Crippen LogP contribution in [0.25, 0.3) is 0 Å². The molecule has 0 bridgehead atoms. The maximum Gasteiger partial charge on any atom is 0.397 e. The van der Waals surface area contributed by atoms with Crippen molar-refractivity contribution in [1.29, 1.82) is 0 Å². The van der Waals surface area contributed by atoms with E-state index in [-0.39, 0.29) is 37.7 Å². The molecule has 2 atom stereocenters. The first-order valence-electron chi connectivity index (χ1n) is 4.29. The highest BCUT2D eigenvalue weighted by atomic mass is 35.5. The van der Waals surface area contributed by atoms with Crippen molar-refractivity contribution in [2.24, 2.45) is 5.41 Å². The molecule has 0 radical (unpaired) electrons. The second-order valence-electron chi connectivity index (χ2n) is 3.89. The molecule has 0 aromatic rings. The van der Waals surface area contributed by atoms with E-state index in [0.29, 0.717) is 0 Å². The Morgan fingerprint density at radius 3 is 2.40 bits per heavy atom. The Morgan fingerprint density at radius 2 is 1.93 bits per heavy atom. The molecule has 0 saturated carbocycles. The van der Waals surface area contributed by atoms with Gasteiger partial charge < -0.3 is 5.32 Å². The predicted molar refractivity (Wildman–Crippen MR) is 50.8 cm³/mol. The number of fused-ring (bicyclic) bond motifs is 1. The lowest BCUT2D eigenvalue weighted by Gasteiger charge is -2.29. The van der Waals surface area contributed by atoms with Gasteiger partial charge in [0.1, 0.15) is 0 Å². The van der Waals surface area contributed by atoms with Crippen LogP contribution >= 0.6 is 12.4 Å². The van der Waals surface area contributed by atoms with Crippen molar-refractivity contribution in [1.82, 2.24) is 5.32 Å². The summed E-state index contributed by atoms with van der Waals surface area (Å²) < 4.78 is 60.9. The maximum atomic E-state index is 12.7. The molecule has 0 aromatic carbocycles. The van der Waals surface area contributed by atoms with Gasteiger partial charge in [0.05, 0.1) is 16.4 Å². The predicted octanol–water partition coefficient (Wildman–Crippen LogP) is 0.747. The van der Waals surface area contributed by atoms with Crippen LogP contribution < -0.4 is 5.32 Å². The first-order chi connectivity index (χ1) is 6.30. The van der Waals surface area contributed by atoms with Gasteiger partial charge in [-0.15, -0.1) is 12.4 Å². The summed E-state index contributed by atoms with van der Waals surface area (Å²) in [7, 11) is -3.55. The van der Waals surface area contributed by atoms with Gasteiger partial charge in [-0.1, -0.05) is 0 Å². The summed E-state index contributed by atoms with van der Waals surface area (Å²) in [6.45, 7) is -0.331. The molecule has 8 heteroatoms. The zero-order valence-corrected chi connectivity index (χ0v) is 9.31. The number of halogens is 4. The summed E-state index contributed by atoms with van der Waals surface area (Å²) in [5.74, 6) is -0.334. The van der Waals surface area contributed by atoms with Crippen LogP contribution in [0.5, 0.6) is 0 Å². The molecule has 2 rings (SSSR count). The fourth-order valence-electron chi connectivity index (χ4n) is 2.35. The molecule has 0 spiro atoms. The number of hydrogen-bond donors (Lipinski definition) is 1. The monoisotopic (exact) mass is 265 g/mol. The van der Waals surface area contributed by atoms with Crippen LogP contribution in [0.4, 0.5) is 13.2 Å². The highest BCUT2D eigenvalue weighted by Crippen LogP contribution is 2.52. The minimum absolute atomic E-state index is 0. The molecule has 3 nitrogen and oxygen atoms in total. The fourth-order valence-corrected chi connectivity index (χ4v) is 4.67. The first kappa shape index (κ1) is 13.1. The topological polar surface area (TPSA) is 46.2 Å². The number of rotatable bonds is 0. The molecule has 2 fully saturated rings. The molecular formula is C7H11ClF3NO2S. The average Bonchev–Trinajstić information content (AvgIpc) is 2.51. The van der Waals surface area contributed by atoms with Crippen molar-refractivity contribution < 1.29 is 21.6 Å². The van der Waals surface area contributed by atoms with Crippen molar-refractivity contribution in [3.8, 4) is 0 Å². The van der Waals surface area contributed by atoms with Gasteiger partial charge >= 0.3 is 6.18 Å². The smallest absolute Gasteiger partial charge is 0.314 e. The lowest BCUT2D eigenvalue weighted by Crippen LogP contribution is -2.45. The van der Waals surface area contributed by atoms with Gasteiger partial charge in [-0.25, -0.2) is 8.42 Å². The Labute approximate surface area is 91.7 Å². The third kappa shape index (κ3) is 1.64. The third-order valence-corrected chi connectivity index (χ3v) is 5.48. The number of sulfone groups is 1. The molecule has 0 unspecified atom stereocenters. The average molecular weight is 266 g/mol. The molecule has 15 heavy (non-hydrogen) atoms. The molecule has 2 aliphatic rings. The minimum atomic E-state index is -4.43. The fraction of sp³-hybridized carbons (Fsp3) is 1.00. The highest BCUT2D eigenvalue weighted by molar-refractivity contribution is 7.92. The zero-order valence-electron chi connectivity index (χ0n) is 7.67. The van der Waals surface area contributed by atoms with E-state index in [2.05, 4.69) is 5.32 Å². The lowest BCUT2D eigenvalue weighted by molar-refractivity contribution is -0.213. The SMILES string of the molecule is Cl.O=S1(=O)CC[C@@]2(C(F)(F)F)CNC[C@H]21. The first-order valence-corrected chi connectivity index (χ1v) is 6.00. The van der Waals surface area contributed by atoms with Crippen molar-refractivity contribution in [3.05, 3.63) is 0 Å². The Balaban J connectivity index is 0.00000112. The molecule has 0 aromatic heterocycles. The van der Waals surface area contributed by atoms with Crippen molar-refractivity contribution >= 4 is 22.2 Å². The van der Waals surface area contributed by atoms with E-state index in [4.69, 9.17) is 0 Å². The zero-order chi connectivity index (χ0) is 10.6. The summed E-state index contributed by atoms with van der Waals surface area (Å²) in [6.07, 6.45) is -4.72. The Morgan fingerprint density at radius 1 is 1.33 bits per heavy atom. The molecule has 1 N–H and O–H groups in total. The second-order valence-corrected chi connectivity index (χ2v) is 6.19. The molecule has 2 saturated heterocycles. The Bertz CT molecular complexity index is 356. The lowest BCUT2D eigenvalue weighted by atomic mass is 9.83. The van der Waals surface area contributed by atoms with Gasteiger partial charge in [0.25, 0.3) is 0 Å². The maximum absolute atomic E-state index is 12.7. The molecular weight excluding hydrogens is 255 g/mol. The number of nitrogens with one attached hydrogen (secondary N) is 1. The van der Waals surface area contributed by atoms with Crippen LogP contribution in [-0.4, -0.2) is 38.7 Å². The van der Waals surface area contributed by atoms with Gasteiger partial charge in [-0.3, -0.25) is 0 Å². The van der Waals surface area contributed by atoms with E-state index in [0.717, 1.165) is 0 Å². The molecule has 2 heterocycles. The van der Waals surface area contributed by atoms with Crippen LogP contribution in [0.2, 0.25) is 0 Å². The molecule has 2 aliphatic heterocycles. The molecule has 0 aliphatic carbocycles. The van der Waals surface area contributed by atoms with Crippen LogP contribution in [0, 0.1) is 5.41 Å². The van der Waals surface area contributed by atoms with Gasteiger partial charge in [0.15, 0.2) is 9.84 Å². The van der Waals surface area contributed by atoms with E-state index < -0.39 is 26.7 Å². The molecule has 90 valence electrons. The quantitative estimate of drug-likeness (QED) is 0.703. The van der Waals surface area contributed by atoms with E-state index in [1.165, 1.54) is 0 Å². The summed E-state index contributed by atoms with van der Waals surface area (Å²) in [5, 5.41) is 1.26. The van der Waals surface area contributed by atoms with E-state index in [1.54, 1.807) is 0 Å². The largest absolute Gasteiger partial charge is 0.397 e. The van der Waals surface area contributed by atoms with Crippen LogP contribution in [0.3, 0.4) is 0 Å². The van der Waals surface area contributed by atoms with Gasteiger partial charge in [-0.05, 0) is 6.42 Å². The van der Waals surface area contributed by atoms with Crippen molar-refractivity contribution in [2.75, 3.05) is 18.8 Å².